The molecule has 0 aromatic heterocycles. The van der Waals surface area contributed by atoms with Gasteiger partial charge in [-0.25, -0.2) is 0 Å². The van der Waals surface area contributed by atoms with E-state index in [1.165, 1.54) is 18.4 Å². The lowest BCUT2D eigenvalue weighted by Gasteiger charge is -2.26. The SMILES string of the molecule is COc1cccc([C@H](C)NC2CCCCCC2O)c1. The molecule has 2 unspecified atom stereocenters. The van der Waals surface area contributed by atoms with Crippen molar-refractivity contribution >= 4 is 0 Å². The highest BCUT2D eigenvalue weighted by atomic mass is 16.5. The van der Waals surface area contributed by atoms with E-state index in [0.717, 1.165) is 25.0 Å². The van der Waals surface area contributed by atoms with Crippen LogP contribution < -0.4 is 10.1 Å². The zero-order valence-corrected chi connectivity index (χ0v) is 11.9. The maximum Gasteiger partial charge on any atom is 0.119 e. The van der Waals surface area contributed by atoms with E-state index in [1.54, 1.807) is 7.11 Å². The minimum atomic E-state index is -0.212. The average molecular weight is 263 g/mol. The molecule has 1 aromatic carbocycles. The standard InChI is InChI=1S/C16H25NO2/c1-12(13-7-6-8-14(11-13)19-2)17-15-9-4-3-5-10-16(15)18/h6-8,11-12,15-18H,3-5,9-10H2,1-2H3/t12-,15?,16?/m0/s1. The van der Waals surface area contributed by atoms with Gasteiger partial charge in [-0.2, -0.15) is 0 Å². The van der Waals surface area contributed by atoms with E-state index < -0.39 is 0 Å². The molecule has 2 N–H and O–H groups in total. The number of ether oxygens (including phenoxy) is 1. The molecule has 1 fully saturated rings. The lowest BCUT2D eigenvalue weighted by atomic mass is 10.0. The van der Waals surface area contributed by atoms with E-state index in [4.69, 9.17) is 4.74 Å². The third-order valence-electron chi connectivity index (χ3n) is 4.04. The molecule has 3 heteroatoms. The summed E-state index contributed by atoms with van der Waals surface area (Å²) < 4.78 is 5.26. The van der Waals surface area contributed by atoms with Gasteiger partial charge in [0.15, 0.2) is 0 Å². The third kappa shape index (κ3) is 3.95. The molecule has 3 atom stereocenters. The Morgan fingerprint density at radius 1 is 1.26 bits per heavy atom. The summed E-state index contributed by atoms with van der Waals surface area (Å²) in [5.41, 5.74) is 1.20. The van der Waals surface area contributed by atoms with Gasteiger partial charge in [-0.1, -0.05) is 31.4 Å². The largest absolute Gasteiger partial charge is 0.497 e. The Morgan fingerprint density at radius 2 is 2.05 bits per heavy atom. The van der Waals surface area contributed by atoms with Crippen LogP contribution >= 0.6 is 0 Å². The normalized spacial score (nSPS) is 25.6. The van der Waals surface area contributed by atoms with Crippen LogP contribution in [0.1, 0.15) is 50.6 Å². The predicted octanol–water partition coefficient (Wildman–Crippen LogP) is 3.04. The molecule has 0 heterocycles. The summed E-state index contributed by atoms with van der Waals surface area (Å²) in [4.78, 5) is 0. The average Bonchev–Trinajstić information content (AvgIpc) is 2.64. The van der Waals surface area contributed by atoms with Crippen LogP contribution in [-0.4, -0.2) is 24.4 Å². The zero-order valence-electron chi connectivity index (χ0n) is 11.9. The second kappa shape index (κ2) is 6.92. The summed E-state index contributed by atoms with van der Waals surface area (Å²) in [6, 6.07) is 8.56. The summed E-state index contributed by atoms with van der Waals surface area (Å²) >= 11 is 0. The van der Waals surface area contributed by atoms with Crippen molar-refractivity contribution in [1.82, 2.24) is 5.32 Å². The van der Waals surface area contributed by atoms with Gasteiger partial charge in [0.05, 0.1) is 13.2 Å². The number of nitrogens with one attached hydrogen (secondary N) is 1. The Balaban J connectivity index is 2.00. The van der Waals surface area contributed by atoms with Gasteiger partial charge in [-0.3, -0.25) is 0 Å². The summed E-state index contributed by atoms with van der Waals surface area (Å²) in [6.07, 6.45) is 5.36. The van der Waals surface area contributed by atoms with Gasteiger partial charge in [-0.05, 0) is 37.5 Å². The van der Waals surface area contributed by atoms with Crippen molar-refractivity contribution in [2.24, 2.45) is 0 Å². The second-order valence-electron chi connectivity index (χ2n) is 5.48. The molecule has 3 nitrogen and oxygen atoms in total. The fourth-order valence-corrected chi connectivity index (χ4v) is 2.81. The molecule has 0 saturated heterocycles. The minimum Gasteiger partial charge on any atom is -0.497 e. The van der Waals surface area contributed by atoms with E-state index in [1.807, 2.05) is 12.1 Å². The molecule has 2 rings (SSSR count). The topological polar surface area (TPSA) is 41.5 Å². The van der Waals surface area contributed by atoms with Crippen LogP contribution in [0.4, 0.5) is 0 Å². The van der Waals surface area contributed by atoms with Gasteiger partial charge in [-0.15, -0.1) is 0 Å². The van der Waals surface area contributed by atoms with Crippen LogP contribution in [-0.2, 0) is 0 Å². The summed E-state index contributed by atoms with van der Waals surface area (Å²) in [6.45, 7) is 2.15. The first-order chi connectivity index (χ1) is 9.20. The van der Waals surface area contributed by atoms with Crippen molar-refractivity contribution in [1.29, 1.82) is 0 Å². The number of rotatable bonds is 4. The molecule has 106 valence electrons. The first kappa shape index (κ1) is 14.4. The van der Waals surface area contributed by atoms with E-state index in [-0.39, 0.29) is 18.2 Å². The number of hydrogen-bond acceptors (Lipinski definition) is 3. The summed E-state index contributed by atoms with van der Waals surface area (Å²) in [7, 11) is 1.69. The van der Waals surface area contributed by atoms with Gasteiger partial charge in [0.25, 0.3) is 0 Å². The fraction of sp³-hybridized carbons (Fsp3) is 0.625. The van der Waals surface area contributed by atoms with Crippen LogP contribution in [0.25, 0.3) is 0 Å². The Morgan fingerprint density at radius 3 is 2.84 bits per heavy atom. The van der Waals surface area contributed by atoms with E-state index in [2.05, 4.69) is 24.4 Å². The fourth-order valence-electron chi connectivity index (χ4n) is 2.81. The van der Waals surface area contributed by atoms with Crippen LogP contribution in [0.5, 0.6) is 5.75 Å². The molecule has 0 bridgehead atoms. The van der Waals surface area contributed by atoms with Crippen LogP contribution in [0.2, 0.25) is 0 Å². The molecule has 0 aliphatic heterocycles. The Bertz CT molecular complexity index is 394. The highest BCUT2D eigenvalue weighted by molar-refractivity contribution is 5.30. The zero-order chi connectivity index (χ0) is 13.7. The van der Waals surface area contributed by atoms with Gasteiger partial charge in [0, 0.05) is 12.1 Å². The number of aliphatic hydroxyl groups excluding tert-OH is 1. The molecule has 1 saturated carbocycles. The van der Waals surface area contributed by atoms with E-state index in [0.29, 0.717) is 0 Å². The summed E-state index contributed by atoms with van der Waals surface area (Å²) in [5, 5.41) is 13.7. The number of methoxy groups -OCH3 is 1. The van der Waals surface area contributed by atoms with Crippen molar-refractivity contribution in [3.05, 3.63) is 29.8 Å². The first-order valence-electron chi connectivity index (χ1n) is 7.29. The summed E-state index contributed by atoms with van der Waals surface area (Å²) in [5.74, 6) is 0.882. The number of hydrogen-bond donors (Lipinski definition) is 2. The minimum absolute atomic E-state index is 0.212. The lowest BCUT2D eigenvalue weighted by Crippen LogP contribution is -2.40. The van der Waals surface area contributed by atoms with Crippen molar-refractivity contribution in [3.8, 4) is 5.75 Å². The van der Waals surface area contributed by atoms with Crippen molar-refractivity contribution in [2.45, 2.75) is 57.2 Å². The van der Waals surface area contributed by atoms with Crippen LogP contribution in [0.15, 0.2) is 24.3 Å². The predicted molar refractivity (Wildman–Crippen MR) is 77.4 cm³/mol. The molecule has 19 heavy (non-hydrogen) atoms. The maximum atomic E-state index is 10.2. The highest BCUT2D eigenvalue weighted by Crippen LogP contribution is 2.23. The molecular formula is C16H25NO2. The molecule has 1 aromatic rings. The molecule has 0 radical (unpaired) electrons. The molecule has 0 amide bonds. The Labute approximate surface area is 116 Å². The molecule has 0 spiro atoms. The second-order valence-corrected chi connectivity index (χ2v) is 5.48. The molecular weight excluding hydrogens is 238 g/mol. The van der Waals surface area contributed by atoms with E-state index in [9.17, 15) is 5.11 Å². The van der Waals surface area contributed by atoms with Crippen molar-refractivity contribution in [2.75, 3.05) is 7.11 Å². The quantitative estimate of drug-likeness (QED) is 0.820. The third-order valence-corrected chi connectivity index (χ3v) is 4.04. The van der Waals surface area contributed by atoms with Crippen molar-refractivity contribution in [3.63, 3.8) is 0 Å². The van der Waals surface area contributed by atoms with Crippen LogP contribution in [0, 0.1) is 0 Å². The van der Waals surface area contributed by atoms with Gasteiger partial charge < -0.3 is 15.2 Å². The Hall–Kier alpha value is -1.06. The maximum absolute atomic E-state index is 10.2. The smallest absolute Gasteiger partial charge is 0.119 e. The van der Waals surface area contributed by atoms with Gasteiger partial charge in [0.2, 0.25) is 0 Å². The number of aliphatic hydroxyl groups is 1. The first-order valence-corrected chi connectivity index (χ1v) is 7.29. The molecule has 1 aliphatic carbocycles. The molecule has 1 aliphatic rings. The van der Waals surface area contributed by atoms with Crippen LogP contribution in [0.3, 0.4) is 0 Å². The van der Waals surface area contributed by atoms with Gasteiger partial charge in [0.1, 0.15) is 5.75 Å². The monoisotopic (exact) mass is 263 g/mol. The van der Waals surface area contributed by atoms with E-state index >= 15 is 0 Å². The highest BCUT2D eigenvalue weighted by Gasteiger charge is 2.23. The van der Waals surface area contributed by atoms with Crippen molar-refractivity contribution < 1.29 is 9.84 Å². The Kier molecular flexibility index (Phi) is 5.23. The van der Waals surface area contributed by atoms with Gasteiger partial charge >= 0.3 is 0 Å². The lowest BCUT2D eigenvalue weighted by molar-refractivity contribution is 0.115. The number of benzene rings is 1.